The summed E-state index contributed by atoms with van der Waals surface area (Å²) in [5.74, 6) is 5.94. The molecule has 0 heterocycles. The summed E-state index contributed by atoms with van der Waals surface area (Å²) in [5, 5.41) is 1.62. The number of alkyl halides is 7. The van der Waals surface area contributed by atoms with Gasteiger partial charge < -0.3 is 5.73 Å². The van der Waals surface area contributed by atoms with Gasteiger partial charge in [-0.2, -0.15) is 26.3 Å². The maximum atomic E-state index is 14.4. The Bertz CT molecular complexity index is 976. The largest absolute Gasteiger partial charge is 0.435 e. The van der Waals surface area contributed by atoms with Crippen molar-refractivity contribution < 1.29 is 30.7 Å². The van der Waals surface area contributed by atoms with Crippen LogP contribution in [0.1, 0.15) is 27.8 Å². The molecule has 2 aromatic carbocycles. The van der Waals surface area contributed by atoms with Crippen LogP contribution in [0.5, 0.6) is 0 Å². The molecule has 0 aromatic heterocycles. The van der Waals surface area contributed by atoms with Crippen LogP contribution < -0.4 is 16.6 Å². The fraction of sp³-hybridized carbons (Fsp3) is 0.300. The lowest BCUT2D eigenvalue weighted by Crippen LogP contribution is -2.50. The third kappa shape index (κ3) is 4.59. The van der Waals surface area contributed by atoms with Gasteiger partial charge in [-0.1, -0.05) is 23.7 Å². The van der Waals surface area contributed by atoms with Crippen molar-refractivity contribution in [2.45, 2.75) is 38.8 Å². The predicted octanol–water partition coefficient (Wildman–Crippen LogP) is 6.19. The van der Waals surface area contributed by atoms with Crippen LogP contribution in [0.15, 0.2) is 36.5 Å². The first-order valence-corrected chi connectivity index (χ1v) is 9.10. The molecule has 31 heavy (non-hydrogen) atoms. The van der Waals surface area contributed by atoms with Crippen molar-refractivity contribution in [3.05, 3.63) is 69.4 Å². The van der Waals surface area contributed by atoms with E-state index in [-0.39, 0.29) is 22.4 Å². The first-order chi connectivity index (χ1) is 14.0. The van der Waals surface area contributed by atoms with Crippen molar-refractivity contribution >= 4 is 23.0 Å². The summed E-state index contributed by atoms with van der Waals surface area (Å²) >= 11 is 5.95. The molecule has 0 aliphatic carbocycles. The van der Waals surface area contributed by atoms with Gasteiger partial charge in [-0.25, -0.2) is 10.2 Å². The zero-order valence-corrected chi connectivity index (χ0v) is 17.3. The molecule has 0 unspecified atom stereocenters. The lowest BCUT2D eigenvalue weighted by atomic mass is 9.88. The third-order valence-electron chi connectivity index (χ3n) is 4.72. The molecule has 0 atom stereocenters. The van der Waals surface area contributed by atoms with Gasteiger partial charge >= 0.3 is 18.0 Å². The highest BCUT2D eigenvalue weighted by Gasteiger charge is 2.73. The van der Waals surface area contributed by atoms with Crippen LogP contribution >= 0.6 is 11.6 Å². The molecule has 0 amide bonds. The average Bonchev–Trinajstić information content (AvgIpc) is 2.60. The van der Waals surface area contributed by atoms with E-state index in [1.54, 1.807) is 25.1 Å². The van der Waals surface area contributed by atoms with Gasteiger partial charge in [0.05, 0.1) is 11.4 Å². The second kappa shape index (κ2) is 8.23. The number of benzene rings is 2. The van der Waals surface area contributed by atoms with Gasteiger partial charge in [-0.05, 0) is 55.7 Å². The molecule has 3 nitrogen and oxygen atoms in total. The number of aryl methyl sites for hydroxylation is 3. The molecule has 170 valence electrons. The van der Waals surface area contributed by atoms with Crippen LogP contribution in [0, 0.1) is 20.8 Å². The Morgan fingerprint density at radius 2 is 1.35 bits per heavy atom. The number of rotatable bonds is 4. The third-order valence-corrected chi connectivity index (χ3v) is 5.14. The van der Waals surface area contributed by atoms with E-state index >= 15 is 0 Å². The van der Waals surface area contributed by atoms with E-state index in [2.05, 4.69) is 0 Å². The lowest BCUT2D eigenvalue weighted by molar-refractivity contribution is -0.348. The topological polar surface area (TPSA) is 55.3 Å². The van der Waals surface area contributed by atoms with Crippen molar-refractivity contribution in [3.63, 3.8) is 0 Å². The maximum absolute atomic E-state index is 14.4. The Kier molecular flexibility index (Phi) is 6.59. The minimum atomic E-state index is -6.20. The summed E-state index contributed by atoms with van der Waals surface area (Å²) in [4.78, 5) is 0. The smallest absolute Gasteiger partial charge is 0.397 e. The van der Waals surface area contributed by atoms with E-state index in [0.29, 0.717) is 22.8 Å². The Morgan fingerprint density at radius 3 is 1.77 bits per heavy atom. The summed E-state index contributed by atoms with van der Waals surface area (Å²) in [7, 11) is 0. The summed E-state index contributed by atoms with van der Waals surface area (Å²) in [6, 6.07) is 5.80. The Labute approximate surface area is 179 Å². The van der Waals surface area contributed by atoms with Crippen LogP contribution in [0.3, 0.4) is 0 Å². The van der Waals surface area contributed by atoms with Crippen molar-refractivity contribution in [1.82, 2.24) is 0 Å². The molecule has 11 heteroatoms. The molecule has 0 bridgehead atoms. The summed E-state index contributed by atoms with van der Waals surface area (Å²) < 4.78 is 92.8. The molecule has 2 rings (SSSR count). The van der Waals surface area contributed by atoms with Gasteiger partial charge in [0.25, 0.3) is 0 Å². The quantitative estimate of drug-likeness (QED) is 0.319. The minimum Gasteiger partial charge on any atom is -0.397 e. The monoisotopic (exact) mass is 469 g/mol. The second-order valence-corrected chi connectivity index (χ2v) is 7.47. The Balaban J connectivity index is 2.55. The lowest BCUT2D eigenvalue weighted by Gasteiger charge is -2.31. The molecule has 4 N–H and O–H groups in total. The molecule has 0 aliphatic rings. The number of hydrogen-bond acceptors (Lipinski definition) is 3. The normalized spacial score (nSPS) is 13.5. The van der Waals surface area contributed by atoms with Gasteiger partial charge in [-0.3, -0.25) is 5.01 Å². The van der Waals surface area contributed by atoms with Gasteiger partial charge in [0.2, 0.25) is 0 Å². The van der Waals surface area contributed by atoms with Gasteiger partial charge in [0, 0.05) is 22.3 Å². The molecular weight excluding hydrogens is 451 g/mol. The first kappa shape index (κ1) is 24.8. The van der Waals surface area contributed by atoms with E-state index in [1.165, 1.54) is 20.0 Å². The number of nitrogens with zero attached hydrogens (tertiary/aromatic N) is 1. The van der Waals surface area contributed by atoms with E-state index < -0.39 is 23.6 Å². The molecule has 0 spiro atoms. The molecule has 0 saturated carbocycles. The first-order valence-electron chi connectivity index (χ1n) is 8.72. The molecule has 0 aliphatic heterocycles. The van der Waals surface area contributed by atoms with E-state index in [9.17, 15) is 30.7 Å². The highest BCUT2D eigenvalue weighted by molar-refractivity contribution is 6.31. The van der Waals surface area contributed by atoms with Crippen LogP contribution in [-0.2, 0) is 5.67 Å². The fourth-order valence-electron chi connectivity index (χ4n) is 3.18. The predicted molar refractivity (Wildman–Crippen MR) is 106 cm³/mol. The number of hydrazine groups is 1. The molecule has 2 aromatic rings. The zero-order valence-electron chi connectivity index (χ0n) is 16.6. The highest BCUT2D eigenvalue weighted by atomic mass is 35.5. The van der Waals surface area contributed by atoms with Gasteiger partial charge in [0.1, 0.15) is 0 Å². The fourth-order valence-corrected chi connectivity index (χ4v) is 3.30. The van der Waals surface area contributed by atoms with E-state index in [0.717, 1.165) is 10.6 Å². The zero-order chi connectivity index (χ0) is 23.9. The molecular formula is C20H19ClF7N3. The Morgan fingerprint density at radius 1 is 0.871 bits per heavy atom. The number of hydrogen-bond donors (Lipinski definition) is 2. The van der Waals surface area contributed by atoms with E-state index in [4.69, 9.17) is 23.2 Å². The number of nitrogens with two attached hydrogens (primary N) is 2. The maximum Gasteiger partial charge on any atom is 0.435 e. The minimum absolute atomic E-state index is 0.0415. The Hall–Kier alpha value is -2.46. The van der Waals surface area contributed by atoms with Crippen molar-refractivity contribution in [2.75, 3.05) is 5.01 Å². The van der Waals surface area contributed by atoms with Crippen molar-refractivity contribution in [1.29, 1.82) is 0 Å². The molecule has 0 radical (unpaired) electrons. The molecule has 0 saturated heterocycles. The number of halogens is 8. The van der Waals surface area contributed by atoms with Crippen LogP contribution in [0.2, 0.25) is 5.02 Å². The average molecular weight is 470 g/mol. The van der Waals surface area contributed by atoms with Crippen molar-refractivity contribution in [2.24, 2.45) is 11.6 Å². The highest BCUT2D eigenvalue weighted by Crippen LogP contribution is 2.53. The van der Waals surface area contributed by atoms with Crippen LogP contribution in [0.4, 0.5) is 36.4 Å². The molecule has 0 fully saturated rings. The summed E-state index contributed by atoms with van der Waals surface area (Å²) in [6.45, 7) is 4.20. The SMILES string of the molecule is Cc1cc(N(N)/C=C(\N)c2c(C)cc(C(F)(C(F)(F)F)C(F)(F)F)cc2C)ccc1Cl. The van der Waals surface area contributed by atoms with Crippen molar-refractivity contribution in [3.8, 4) is 0 Å². The van der Waals surface area contributed by atoms with Crippen LogP contribution in [-0.4, -0.2) is 12.4 Å². The summed E-state index contributed by atoms with van der Waals surface area (Å²) in [5.41, 5.74) is 0.0430. The van der Waals surface area contributed by atoms with E-state index in [1.807, 2.05) is 0 Å². The van der Waals surface area contributed by atoms with Gasteiger partial charge in [-0.15, -0.1) is 0 Å². The van der Waals surface area contributed by atoms with Gasteiger partial charge in [0.15, 0.2) is 0 Å². The number of anilines is 1. The van der Waals surface area contributed by atoms with Crippen LogP contribution in [0.25, 0.3) is 5.70 Å². The second-order valence-electron chi connectivity index (χ2n) is 7.06. The standard InChI is InChI=1S/C20H19ClF7N3/c1-10-8-14(4-5-15(10)21)31(30)9-16(29)17-11(2)6-13(7-12(17)3)18(22,19(23,24)25)20(26,27)28/h4-9H,29-30H2,1-3H3/b16-9-. The summed E-state index contributed by atoms with van der Waals surface area (Å²) in [6.07, 6.45) is -11.2.